The highest BCUT2D eigenvalue weighted by atomic mass is 16.3. The number of likely N-dealkylation sites (N-methyl/N-ethyl adjacent to an activating group) is 2. The summed E-state index contributed by atoms with van der Waals surface area (Å²) in [6.07, 6.45) is 0. The normalized spacial score (nSPS) is 11.6. The summed E-state index contributed by atoms with van der Waals surface area (Å²) in [7, 11) is 6.23. The number of hydrogen-bond donors (Lipinski definition) is 1. The van der Waals surface area contributed by atoms with Crippen molar-refractivity contribution in [3.8, 4) is 5.75 Å². The molecular formula is C16H22N2O. The fourth-order valence-corrected chi connectivity index (χ4v) is 2.21. The molecule has 0 unspecified atom stereocenters. The van der Waals surface area contributed by atoms with Gasteiger partial charge in [-0.2, -0.15) is 0 Å². The molecule has 0 spiro atoms. The van der Waals surface area contributed by atoms with E-state index in [1.165, 1.54) is 5.39 Å². The molecule has 19 heavy (non-hydrogen) atoms. The molecule has 3 heteroatoms. The Bertz CT molecular complexity index is 551. The Morgan fingerprint density at radius 1 is 0.947 bits per heavy atom. The molecule has 0 saturated carbocycles. The lowest BCUT2D eigenvalue weighted by molar-refractivity contribution is 0.274. The predicted molar refractivity (Wildman–Crippen MR) is 80.5 cm³/mol. The van der Waals surface area contributed by atoms with Crippen LogP contribution < -0.4 is 0 Å². The van der Waals surface area contributed by atoms with Crippen LogP contribution in [0.25, 0.3) is 10.8 Å². The van der Waals surface area contributed by atoms with Crippen LogP contribution in [0.1, 0.15) is 5.56 Å². The van der Waals surface area contributed by atoms with Crippen LogP contribution in [0.5, 0.6) is 5.75 Å². The van der Waals surface area contributed by atoms with Crippen LogP contribution in [0, 0.1) is 0 Å². The predicted octanol–water partition coefficient (Wildman–Crippen LogP) is 2.54. The Balaban J connectivity index is 2.21. The number of rotatable bonds is 5. The second kappa shape index (κ2) is 6.04. The van der Waals surface area contributed by atoms with Crippen molar-refractivity contribution in [2.75, 3.05) is 34.2 Å². The summed E-state index contributed by atoms with van der Waals surface area (Å²) in [5.74, 6) is 0.385. The maximum Gasteiger partial charge on any atom is 0.120 e. The monoisotopic (exact) mass is 258 g/mol. The number of phenolic OH excluding ortho intramolecular Hbond substituents is 1. The summed E-state index contributed by atoms with van der Waals surface area (Å²) in [6.45, 7) is 2.76. The van der Waals surface area contributed by atoms with Gasteiger partial charge in [0, 0.05) is 25.2 Å². The lowest BCUT2D eigenvalue weighted by atomic mass is 10.0. The fraction of sp³-hybridized carbons (Fsp3) is 0.375. The lowest BCUT2D eigenvalue weighted by Crippen LogP contribution is -2.28. The van der Waals surface area contributed by atoms with Crippen molar-refractivity contribution >= 4 is 10.8 Å². The van der Waals surface area contributed by atoms with Gasteiger partial charge in [-0.1, -0.05) is 30.3 Å². The first-order chi connectivity index (χ1) is 9.08. The number of phenols is 1. The van der Waals surface area contributed by atoms with Crippen molar-refractivity contribution in [3.63, 3.8) is 0 Å². The zero-order valence-corrected chi connectivity index (χ0v) is 11.9. The second-order valence-corrected chi connectivity index (χ2v) is 5.33. The minimum atomic E-state index is 0.385. The van der Waals surface area contributed by atoms with E-state index in [0.717, 1.165) is 30.6 Å². The number of nitrogens with zero attached hydrogens (tertiary/aromatic N) is 2. The summed E-state index contributed by atoms with van der Waals surface area (Å²) in [6, 6.07) is 12.0. The van der Waals surface area contributed by atoms with Crippen LogP contribution in [-0.2, 0) is 6.54 Å². The summed E-state index contributed by atoms with van der Waals surface area (Å²) < 4.78 is 0. The van der Waals surface area contributed by atoms with Crippen LogP contribution in [-0.4, -0.2) is 49.1 Å². The minimum Gasteiger partial charge on any atom is -0.508 e. The van der Waals surface area contributed by atoms with Crippen molar-refractivity contribution < 1.29 is 5.11 Å². The zero-order valence-electron chi connectivity index (χ0n) is 11.9. The molecule has 2 aromatic rings. The SMILES string of the molecule is CN(C)CCN(C)Cc1c(O)ccc2ccccc12. The van der Waals surface area contributed by atoms with E-state index in [1.54, 1.807) is 6.07 Å². The molecule has 0 radical (unpaired) electrons. The Morgan fingerprint density at radius 2 is 1.68 bits per heavy atom. The Hall–Kier alpha value is -1.58. The average Bonchev–Trinajstić information content (AvgIpc) is 2.40. The molecule has 2 aromatic carbocycles. The minimum absolute atomic E-state index is 0.385. The van der Waals surface area contributed by atoms with E-state index in [-0.39, 0.29) is 0 Å². The second-order valence-electron chi connectivity index (χ2n) is 5.33. The molecular weight excluding hydrogens is 236 g/mol. The van der Waals surface area contributed by atoms with Crippen LogP contribution in [0.3, 0.4) is 0 Å². The maximum atomic E-state index is 10.1. The molecule has 0 fully saturated rings. The van der Waals surface area contributed by atoms with Gasteiger partial charge in [-0.25, -0.2) is 0 Å². The van der Waals surface area contributed by atoms with E-state index >= 15 is 0 Å². The van der Waals surface area contributed by atoms with Gasteiger partial charge in [0.25, 0.3) is 0 Å². The first kappa shape index (κ1) is 13.8. The first-order valence-corrected chi connectivity index (χ1v) is 6.61. The zero-order chi connectivity index (χ0) is 13.8. The Labute approximate surface area is 115 Å². The van der Waals surface area contributed by atoms with Gasteiger partial charge >= 0.3 is 0 Å². The molecule has 0 saturated heterocycles. The van der Waals surface area contributed by atoms with E-state index in [2.05, 4.69) is 43.1 Å². The molecule has 0 aliphatic heterocycles. The van der Waals surface area contributed by atoms with Gasteiger partial charge in [0.2, 0.25) is 0 Å². The molecule has 0 atom stereocenters. The lowest BCUT2D eigenvalue weighted by Gasteiger charge is -2.20. The number of aromatic hydroxyl groups is 1. The van der Waals surface area contributed by atoms with Crippen molar-refractivity contribution in [2.45, 2.75) is 6.54 Å². The average molecular weight is 258 g/mol. The highest BCUT2D eigenvalue weighted by Crippen LogP contribution is 2.27. The number of hydrogen-bond acceptors (Lipinski definition) is 3. The van der Waals surface area contributed by atoms with Crippen LogP contribution >= 0.6 is 0 Å². The van der Waals surface area contributed by atoms with E-state index in [1.807, 2.05) is 18.2 Å². The molecule has 0 aliphatic carbocycles. The molecule has 2 rings (SSSR count). The smallest absolute Gasteiger partial charge is 0.120 e. The van der Waals surface area contributed by atoms with E-state index in [0.29, 0.717) is 5.75 Å². The van der Waals surface area contributed by atoms with Crippen LogP contribution in [0.4, 0.5) is 0 Å². The Morgan fingerprint density at radius 3 is 2.42 bits per heavy atom. The topological polar surface area (TPSA) is 26.7 Å². The van der Waals surface area contributed by atoms with Crippen LogP contribution in [0.2, 0.25) is 0 Å². The fourth-order valence-electron chi connectivity index (χ4n) is 2.21. The molecule has 0 aliphatic rings. The third kappa shape index (κ3) is 3.46. The quantitative estimate of drug-likeness (QED) is 0.893. The standard InChI is InChI=1S/C16H22N2O/c1-17(2)10-11-18(3)12-15-14-7-5-4-6-13(14)8-9-16(15)19/h4-9,19H,10-12H2,1-3H3. The van der Waals surface area contributed by atoms with E-state index in [9.17, 15) is 5.11 Å². The van der Waals surface area contributed by atoms with Gasteiger partial charge in [0.05, 0.1) is 0 Å². The first-order valence-electron chi connectivity index (χ1n) is 6.61. The Kier molecular flexibility index (Phi) is 4.40. The van der Waals surface area contributed by atoms with Gasteiger partial charge < -0.3 is 14.9 Å². The highest BCUT2D eigenvalue weighted by molar-refractivity contribution is 5.87. The number of fused-ring (bicyclic) bond motifs is 1. The van der Waals surface area contributed by atoms with E-state index < -0.39 is 0 Å². The molecule has 102 valence electrons. The third-order valence-electron chi connectivity index (χ3n) is 3.37. The number of benzene rings is 2. The molecule has 0 bridgehead atoms. The van der Waals surface area contributed by atoms with Crippen molar-refractivity contribution in [2.24, 2.45) is 0 Å². The summed E-state index contributed by atoms with van der Waals surface area (Å²) in [5, 5.41) is 12.4. The van der Waals surface area contributed by atoms with Crippen molar-refractivity contribution in [1.82, 2.24) is 9.80 Å². The largest absolute Gasteiger partial charge is 0.508 e. The van der Waals surface area contributed by atoms with Gasteiger partial charge in [0.15, 0.2) is 0 Å². The molecule has 1 N–H and O–H groups in total. The molecule has 0 heterocycles. The van der Waals surface area contributed by atoms with Gasteiger partial charge in [-0.3, -0.25) is 0 Å². The summed E-state index contributed by atoms with van der Waals surface area (Å²) in [4.78, 5) is 4.40. The van der Waals surface area contributed by atoms with Gasteiger partial charge in [-0.05, 0) is 38.0 Å². The van der Waals surface area contributed by atoms with E-state index in [4.69, 9.17) is 0 Å². The molecule has 3 nitrogen and oxygen atoms in total. The van der Waals surface area contributed by atoms with Gasteiger partial charge in [-0.15, -0.1) is 0 Å². The molecule has 0 amide bonds. The molecule has 0 aromatic heterocycles. The highest BCUT2D eigenvalue weighted by Gasteiger charge is 2.09. The maximum absolute atomic E-state index is 10.1. The van der Waals surface area contributed by atoms with Gasteiger partial charge in [0.1, 0.15) is 5.75 Å². The van der Waals surface area contributed by atoms with Crippen LogP contribution in [0.15, 0.2) is 36.4 Å². The summed E-state index contributed by atoms with van der Waals surface area (Å²) in [5.41, 5.74) is 1.01. The van der Waals surface area contributed by atoms with Crippen molar-refractivity contribution in [3.05, 3.63) is 42.0 Å². The summed E-state index contributed by atoms with van der Waals surface area (Å²) >= 11 is 0. The third-order valence-corrected chi connectivity index (χ3v) is 3.37. The van der Waals surface area contributed by atoms with Crippen molar-refractivity contribution in [1.29, 1.82) is 0 Å².